The van der Waals surface area contributed by atoms with Crippen molar-refractivity contribution in [1.29, 1.82) is 0 Å². The molecule has 0 atom stereocenters. The molecule has 0 bridgehead atoms. The molecule has 0 aliphatic carbocycles. The van der Waals surface area contributed by atoms with Crippen molar-refractivity contribution < 1.29 is 4.74 Å². The van der Waals surface area contributed by atoms with Crippen LogP contribution in [-0.2, 0) is 13.0 Å². The Morgan fingerprint density at radius 2 is 1.91 bits per heavy atom. The van der Waals surface area contributed by atoms with Crippen LogP contribution in [0, 0.1) is 0 Å². The molecule has 1 heterocycles. The molecule has 2 rings (SSSR count). The van der Waals surface area contributed by atoms with E-state index in [2.05, 4.69) is 44.7 Å². The minimum atomic E-state index is 0.829. The van der Waals surface area contributed by atoms with E-state index in [0.29, 0.717) is 0 Å². The van der Waals surface area contributed by atoms with Crippen molar-refractivity contribution >= 4 is 5.96 Å². The Morgan fingerprint density at radius 1 is 1.14 bits per heavy atom. The summed E-state index contributed by atoms with van der Waals surface area (Å²) in [7, 11) is 3.48. The summed E-state index contributed by atoms with van der Waals surface area (Å²) in [5, 5.41) is 6.63. The summed E-state index contributed by atoms with van der Waals surface area (Å²) in [4.78, 5) is 4.23. The van der Waals surface area contributed by atoms with Gasteiger partial charge < -0.3 is 19.9 Å². The number of methoxy groups -OCH3 is 1. The lowest BCUT2D eigenvalue weighted by molar-refractivity contribution is 0.414. The zero-order chi connectivity index (χ0) is 15.6. The van der Waals surface area contributed by atoms with E-state index in [9.17, 15) is 0 Å². The molecule has 0 aliphatic heterocycles. The molecule has 22 heavy (non-hydrogen) atoms. The van der Waals surface area contributed by atoms with Crippen molar-refractivity contribution in [2.24, 2.45) is 4.99 Å². The van der Waals surface area contributed by atoms with Crippen LogP contribution in [0.1, 0.15) is 5.56 Å². The maximum Gasteiger partial charge on any atom is 0.191 e. The Bertz CT molecular complexity index is 578. The van der Waals surface area contributed by atoms with Gasteiger partial charge >= 0.3 is 0 Å². The minimum absolute atomic E-state index is 0.829. The molecule has 2 aromatic rings. The molecule has 2 N–H and O–H groups in total. The molecular weight excluding hydrogens is 276 g/mol. The molecule has 5 nitrogen and oxygen atoms in total. The van der Waals surface area contributed by atoms with Crippen molar-refractivity contribution in [1.82, 2.24) is 15.2 Å². The van der Waals surface area contributed by atoms with Gasteiger partial charge in [0.25, 0.3) is 0 Å². The molecule has 118 valence electrons. The molecular formula is C17H24N4O. The maximum atomic E-state index is 5.23. The first-order valence-corrected chi connectivity index (χ1v) is 7.50. The summed E-state index contributed by atoms with van der Waals surface area (Å²) in [5.74, 6) is 1.72. The highest BCUT2D eigenvalue weighted by atomic mass is 16.5. The topological polar surface area (TPSA) is 50.6 Å². The van der Waals surface area contributed by atoms with E-state index in [1.807, 2.05) is 24.3 Å². The predicted octanol–water partition coefficient (Wildman–Crippen LogP) is 1.90. The number of hydrogen-bond acceptors (Lipinski definition) is 2. The average molecular weight is 300 g/mol. The zero-order valence-electron chi connectivity index (χ0n) is 13.2. The van der Waals surface area contributed by atoms with Gasteiger partial charge in [-0.1, -0.05) is 12.1 Å². The smallest absolute Gasteiger partial charge is 0.191 e. The zero-order valence-corrected chi connectivity index (χ0v) is 13.2. The van der Waals surface area contributed by atoms with E-state index >= 15 is 0 Å². The van der Waals surface area contributed by atoms with Gasteiger partial charge in [0, 0.05) is 39.1 Å². The van der Waals surface area contributed by atoms with Crippen LogP contribution in [0.25, 0.3) is 0 Å². The van der Waals surface area contributed by atoms with Crippen LogP contribution < -0.4 is 15.4 Å². The van der Waals surface area contributed by atoms with Gasteiger partial charge in [-0.2, -0.15) is 0 Å². The van der Waals surface area contributed by atoms with E-state index in [0.717, 1.165) is 37.8 Å². The standard InChI is InChI=1S/C17H24N4O/c1-18-17(20-10-13-21-11-3-4-12-21)19-9-8-15-6-5-7-16(14-15)22-2/h3-7,11-12,14H,8-10,13H2,1-2H3,(H2,18,19,20). The van der Waals surface area contributed by atoms with Crippen LogP contribution >= 0.6 is 0 Å². The van der Waals surface area contributed by atoms with E-state index in [1.54, 1.807) is 14.2 Å². The third-order valence-corrected chi connectivity index (χ3v) is 3.39. The lowest BCUT2D eigenvalue weighted by atomic mass is 10.1. The summed E-state index contributed by atoms with van der Waals surface area (Å²) in [6.07, 6.45) is 5.04. The molecule has 0 saturated carbocycles. The predicted molar refractivity (Wildman–Crippen MR) is 90.5 cm³/mol. The summed E-state index contributed by atoms with van der Waals surface area (Å²) in [6, 6.07) is 12.2. The lowest BCUT2D eigenvalue weighted by Gasteiger charge is -2.12. The van der Waals surface area contributed by atoms with Gasteiger partial charge in [-0.25, -0.2) is 0 Å². The molecule has 1 aromatic heterocycles. The Labute approximate surface area is 132 Å². The molecule has 0 unspecified atom stereocenters. The minimum Gasteiger partial charge on any atom is -0.497 e. The molecule has 0 aliphatic rings. The molecule has 0 spiro atoms. The van der Waals surface area contributed by atoms with Crippen molar-refractivity contribution in [2.45, 2.75) is 13.0 Å². The van der Waals surface area contributed by atoms with Crippen LogP contribution in [0.4, 0.5) is 0 Å². The average Bonchev–Trinajstić information content (AvgIpc) is 3.07. The third kappa shape index (κ3) is 5.16. The van der Waals surface area contributed by atoms with Crippen LogP contribution in [0.15, 0.2) is 53.8 Å². The monoisotopic (exact) mass is 300 g/mol. The Kier molecular flexibility index (Phi) is 6.36. The number of aliphatic imine (C=N–C) groups is 1. The highest BCUT2D eigenvalue weighted by Crippen LogP contribution is 2.12. The normalized spacial score (nSPS) is 11.3. The lowest BCUT2D eigenvalue weighted by Crippen LogP contribution is -2.39. The largest absolute Gasteiger partial charge is 0.497 e. The van der Waals surface area contributed by atoms with E-state index in [1.165, 1.54) is 5.56 Å². The number of nitrogens with one attached hydrogen (secondary N) is 2. The second kappa shape index (κ2) is 8.77. The maximum absolute atomic E-state index is 5.23. The van der Waals surface area contributed by atoms with Gasteiger partial charge in [0.2, 0.25) is 0 Å². The second-order valence-corrected chi connectivity index (χ2v) is 4.95. The molecule has 5 heteroatoms. The molecule has 0 saturated heterocycles. The van der Waals surface area contributed by atoms with Crippen molar-refractivity contribution in [3.63, 3.8) is 0 Å². The van der Waals surface area contributed by atoms with E-state index < -0.39 is 0 Å². The fraction of sp³-hybridized carbons (Fsp3) is 0.353. The summed E-state index contributed by atoms with van der Waals surface area (Å²) in [5.41, 5.74) is 1.25. The van der Waals surface area contributed by atoms with Crippen LogP contribution in [0.5, 0.6) is 5.75 Å². The SMILES string of the molecule is CN=C(NCCc1cccc(OC)c1)NCCn1cccc1. The van der Waals surface area contributed by atoms with Crippen molar-refractivity contribution in [3.8, 4) is 5.75 Å². The van der Waals surface area contributed by atoms with Gasteiger partial charge in [-0.05, 0) is 36.2 Å². The van der Waals surface area contributed by atoms with Crippen LogP contribution in [0.3, 0.4) is 0 Å². The second-order valence-electron chi connectivity index (χ2n) is 4.95. The van der Waals surface area contributed by atoms with Crippen LogP contribution in [-0.4, -0.2) is 37.8 Å². The summed E-state index contributed by atoms with van der Waals surface area (Å²) in [6.45, 7) is 2.59. The molecule has 0 fully saturated rings. The van der Waals surface area contributed by atoms with Crippen LogP contribution in [0.2, 0.25) is 0 Å². The molecule has 0 radical (unpaired) electrons. The first kappa shape index (κ1) is 15.9. The number of ether oxygens (including phenoxy) is 1. The van der Waals surface area contributed by atoms with Gasteiger partial charge in [0.1, 0.15) is 5.75 Å². The van der Waals surface area contributed by atoms with Gasteiger partial charge in [0.15, 0.2) is 5.96 Å². The highest BCUT2D eigenvalue weighted by molar-refractivity contribution is 5.79. The number of benzene rings is 1. The molecule has 1 aromatic carbocycles. The first-order chi connectivity index (χ1) is 10.8. The van der Waals surface area contributed by atoms with Gasteiger partial charge in [-0.15, -0.1) is 0 Å². The Balaban J connectivity index is 1.69. The van der Waals surface area contributed by atoms with Crippen molar-refractivity contribution in [3.05, 3.63) is 54.4 Å². The summed E-state index contributed by atoms with van der Waals surface area (Å²) >= 11 is 0. The van der Waals surface area contributed by atoms with E-state index in [4.69, 9.17) is 4.74 Å². The highest BCUT2D eigenvalue weighted by Gasteiger charge is 1.99. The van der Waals surface area contributed by atoms with Gasteiger partial charge in [0.05, 0.1) is 7.11 Å². The number of nitrogens with zero attached hydrogens (tertiary/aromatic N) is 2. The van der Waals surface area contributed by atoms with E-state index in [-0.39, 0.29) is 0 Å². The molecule has 0 amide bonds. The quantitative estimate of drug-likeness (QED) is 0.606. The van der Waals surface area contributed by atoms with Crippen molar-refractivity contribution in [2.75, 3.05) is 27.2 Å². The van der Waals surface area contributed by atoms with Gasteiger partial charge in [-0.3, -0.25) is 4.99 Å². The number of guanidine groups is 1. The number of rotatable bonds is 7. The number of aromatic nitrogens is 1. The fourth-order valence-electron chi connectivity index (χ4n) is 2.20. The summed E-state index contributed by atoms with van der Waals surface area (Å²) < 4.78 is 7.37. The Morgan fingerprint density at radius 3 is 2.64 bits per heavy atom. The fourth-order valence-corrected chi connectivity index (χ4v) is 2.20. The Hall–Kier alpha value is -2.43. The third-order valence-electron chi connectivity index (χ3n) is 3.39. The first-order valence-electron chi connectivity index (χ1n) is 7.50. The number of hydrogen-bond donors (Lipinski definition) is 2.